The van der Waals surface area contributed by atoms with Gasteiger partial charge in [0.05, 0.1) is 19.3 Å². The van der Waals surface area contributed by atoms with E-state index in [0.29, 0.717) is 6.04 Å². The van der Waals surface area contributed by atoms with Crippen LogP contribution in [0.5, 0.6) is 0 Å². The SMILES string of the molecule is CNCC1COCCN1c1c(C)cccc1C. The number of para-hydroxylation sites is 1. The summed E-state index contributed by atoms with van der Waals surface area (Å²) in [6, 6.07) is 6.94. The lowest BCUT2D eigenvalue weighted by Crippen LogP contribution is -2.50. The minimum absolute atomic E-state index is 0.438. The van der Waals surface area contributed by atoms with Crippen LogP contribution in [0.2, 0.25) is 0 Å². The first-order valence-corrected chi connectivity index (χ1v) is 6.29. The molecule has 0 amide bonds. The Balaban J connectivity index is 2.29. The monoisotopic (exact) mass is 234 g/mol. The summed E-state index contributed by atoms with van der Waals surface area (Å²) in [5.41, 5.74) is 4.09. The third kappa shape index (κ3) is 2.61. The minimum atomic E-state index is 0.438. The number of hydrogen-bond donors (Lipinski definition) is 1. The van der Waals surface area contributed by atoms with Gasteiger partial charge in [0.1, 0.15) is 0 Å². The van der Waals surface area contributed by atoms with Gasteiger partial charge in [-0.2, -0.15) is 0 Å². The molecule has 0 bridgehead atoms. The van der Waals surface area contributed by atoms with Crippen molar-refractivity contribution < 1.29 is 4.74 Å². The van der Waals surface area contributed by atoms with Crippen LogP contribution >= 0.6 is 0 Å². The standard InChI is InChI=1S/C14H22N2O/c1-11-5-4-6-12(2)14(11)16-7-8-17-10-13(16)9-15-3/h4-6,13,15H,7-10H2,1-3H3. The molecule has 1 N–H and O–H groups in total. The van der Waals surface area contributed by atoms with Gasteiger partial charge < -0.3 is 15.0 Å². The molecule has 0 aliphatic carbocycles. The lowest BCUT2D eigenvalue weighted by Gasteiger charge is -2.39. The lowest BCUT2D eigenvalue weighted by atomic mass is 10.1. The molecule has 1 saturated heterocycles. The van der Waals surface area contributed by atoms with Crippen LogP contribution in [0.1, 0.15) is 11.1 Å². The van der Waals surface area contributed by atoms with E-state index in [0.717, 1.165) is 26.3 Å². The summed E-state index contributed by atoms with van der Waals surface area (Å²) >= 11 is 0. The molecular formula is C14H22N2O. The quantitative estimate of drug-likeness (QED) is 0.862. The third-order valence-electron chi connectivity index (χ3n) is 3.39. The van der Waals surface area contributed by atoms with Crippen molar-refractivity contribution in [3.05, 3.63) is 29.3 Å². The largest absolute Gasteiger partial charge is 0.377 e. The Labute approximate surface area is 104 Å². The summed E-state index contributed by atoms with van der Waals surface area (Å²) in [6.45, 7) is 7.97. The average Bonchev–Trinajstić information content (AvgIpc) is 2.31. The van der Waals surface area contributed by atoms with Crippen LogP contribution in [-0.2, 0) is 4.74 Å². The van der Waals surface area contributed by atoms with Gasteiger partial charge in [0, 0.05) is 18.8 Å². The van der Waals surface area contributed by atoms with Gasteiger partial charge in [0.2, 0.25) is 0 Å². The summed E-state index contributed by atoms with van der Waals surface area (Å²) in [7, 11) is 2.00. The highest BCUT2D eigenvalue weighted by molar-refractivity contribution is 5.59. The van der Waals surface area contributed by atoms with E-state index < -0.39 is 0 Å². The second-order valence-electron chi connectivity index (χ2n) is 4.72. The van der Waals surface area contributed by atoms with Crippen molar-refractivity contribution in [3.63, 3.8) is 0 Å². The van der Waals surface area contributed by atoms with Crippen molar-refractivity contribution in [2.45, 2.75) is 19.9 Å². The zero-order chi connectivity index (χ0) is 12.3. The van der Waals surface area contributed by atoms with E-state index in [9.17, 15) is 0 Å². The molecule has 1 aromatic carbocycles. The van der Waals surface area contributed by atoms with E-state index in [4.69, 9.17) is 4.74 Å². The summed E-state index contributed by atoms with van der Waals surface area (Å²) in [4.78, 5) is 2.49. The summed E-state index contributed by atoms with van der Waals surface area (Å²) < 4.78 is 5.58. The lowest BCUT2D eigenvalue weighted by molar-refractivity contribution is 0.0942. The second kappa shape index (κ2) is 5.52. The Hall–Kier alpha value is -1.06. The number of aryl methyl sites for hydroxylation is 2. The number of rotatable bonds is 3. The van der Waals surface area contributed by atoms with Gasteiger partial charge in [-0.3, -0.25) is 0 Å². The molecule has 17 heavy (non-hydrogen) atoms. The number of anilines is 1. The molecule has 3 heteroatoms. The smallest absolute Gasteiger partial charge is 0.0683 e. The van der Waals surface area contributed by atoms with Crippen LogP contribution in [-0.4, -0.2) is 39.4 Å². The number of likely N-dealkylation sites (N-methyl/N-ethyl adjacent to an activating group) is 1. The number of ether oxygens (including phenoxy) is 1. The predicted octanol–water partition coefficient (Wildman–Crippen LogP) is 1.73. The van der Waals surface area contributed by atoms with E-state index in [2.05, 4.69) is 42.3 Å². The van der Waals surface area contributed by atoms with E-state index in [-0.39, 0.29) is 0 Å². The Morgan fingerprint density at radius 2 is 2.06 bits per heavy atom. The Morgan fingerprint density at radius 3 is 2.71 bits per heavy atom. The number of nitrogens with zero attached hydrogens (tertiary/aromatic N) is 1. The second-order valence-corrected chi connectivity index (χ2v) is 4.72. The molecule has 94 valence electrons. The van der Waals surface area contributed by atoms with Crippen molar-refractivity contribution >= 4 is 5.69 Å². The molecule has 0 saturated carbocycles. The molecular weight excluding hydrogens is 212 g/mol. The maximum atomic E-state index is 5.58. The first kappa shape index (κ1) is 12.4. The number of benzene rings is 1. The highest BCUT2D eigenvalue weighted by Crippen LogP contribution is 2.27. The van der Waals surface area contributed by atoms with E-state index in [1.165, 1.54) is 16.8 Å². The predicted molar refractivity (Wildman–Crippen MR) is 71.8 cm³/mol. The maximum absolute atomic E-state index is 5.58. The van der Waals surface area contributed by atoms with Crippen molar-refractivity contribution in [1.29, 1.82) is 0 Å². The maximum Gasteiger partial charge on any atom is 0.0683 e. The molecule has 1 unspecified atom stereocenters. The Morgan fingerprint density at radius 1 is 1.35 bits per heavy atom. The average molecular weight is 234 g/mol. The summed E-state index contributed by atoms with van der Waals surface area (Å²) in [5.74, 6) is 0. The zero-order valence-corrected chi connectivity index (χ0v) is 11.0. The number of nitrogens with one attached hydrogen (secondary N) is 1. The first-order chi connectivity index (χ1) is 8.24. The normalized spacial score (nSPS) is 20.6. The molecule has 1 aliphatic heterocycles. The molecule has 2 rings (SSSR count). The van der Waals surface area contributed by atoms with Crippen LogP contribution in [0, 0.1) is 13.8 Å². The Kier molecular flexibility index (Phi) is 4.02. The molecule has 0 spiro atoms. The van der Waals surface area contributed by atoms with Gasteiger partial charge >= 0.3 is 0 Å². The molecule has 1 aromatic rings. The topological polar surface area (TPSA) is 24.5 Å². The molecule has 3 nitrogen and oxygen atoms in total. The van der Waals surface area contributed by atoms with Gasteiger partial charge in [0.15, 0.2) is 0 Å². The van der Waals surface area contributed by atoms with Gasteiger partial charge in [-0.1, -0.05) is 18.2 Å². The zero-order valence-electron chi connectivity index (χ0n) is 11.0. The molecule has 0 radical (unpaired) electrons. The third-order valence-corrected chi connectivity index (χ3v) is 3.39. The van der Waals surface area contributed by atoms with Crippen LogP contribution < -0.4 is 10.2 Å². The minimum Gasteiger partial charge on any atom is -0.377 e. The fraction of sp³-hybridized carbons (Fsp3) is 0.571. The van der Waals surface area contributed by atoms with E-state index in [1.54, 1.807) is 0 Å². The molecule has 1 fully saturated rings. The molecule has 1 atom stereocenters. The highest BCUT2D eigenvalue weighted by Gasteiger charge is 2.24. The fourth-order valence-corrected chi connectivity index (χ4v) is 2.61. The first-order valence-electron chi connectivity index (χ1n) is 6.29. The number of hydrogen-bond acceptors (Lipinski definition) is 3. The van der Waals surface area contributed by atoms with Crippen molar-refractivity contribution in [2.75, 3.05) is 38.3 Å². The molecule has 1 aliphatic rings. The highest BCUT2D eigenvalue weighted by atomic mass is 16.5. The van der Waals surface area contributed by atoms with E-state index >= 15 is 0 Å². The van der Waals surface area contributed by atoms with Crippen molar-refractivity contribution in [1.82, 2.24) is 5.32 Å². The summed E-state index contributed by atoms with van der Waals surface area (Å²) in [6.07, 6.45) is 0. The van der Waals surface area contributed by atoms with Gasteiger partial charge in [-0.15, -0.1) is 0 Å². The van der Waals surface area contributed by atoms with Crippen LogP contribution in [0.3, 0.4) is 0 Å². The van der Waals surface area contributed by atoms with Crippen LogP contribution in [0.15, 0.2) is 18.2 Å². The molecule has 1 heterocycles. The Bertz CT molecular complexity index is 356. The van der Waals surface area contributed by atoms with Gasteiger partial charge in [-0.25, -0.2) is 0 Å². The molecule has 0 aromatic heterocycles. The fourth-order valence-electron chi connectivity index (χ4n) is 2.61. The van der Waals surface area contributed by atoms with Crippen molar-refractivity contribution in [3.8, 4) is 0 Å². The van der Waals surface area contributed by atoms with Crippen molar-refractivity contribution in [2.24, 2.45) is 0 Å². The van der Waals surface area contributed by atoms with E-state index in [1.807, 2.05) is 7.05 Å². The number of morpholine rings is 1. The van der Waals surface area contributed by atoms with Crippen LogP contribution in [0.25, 0.3) is 0 Å². The van der Waals surface area contributed by atoms with Gasteiger partial charge in [0.25, 0.3) is 0 Å². The summed E-state index contributed by atoms with van der Waals surface area (Å²) in [5, 5.41) is 3.25. The van der Waals surface area contributed by atoms with Gasteiger partial charge in [-0.05, 0) is 32.0 Å². The van der Waals surface area contributed by atoms with Crippen LogP contribution in [0.4, 0.5) is 5.69 Å².